The third-order valence-corrected chi connectivity index (χ3v) is 1.58. The van der Waals surface area contributed by atoms with Gasteiger partial charge in [0.15, 0.2) is 0 Å². The van der Waals surface area contributed by atoms with E-state index in [9.17, 15) is 5.11 Å². The molecule has 3 heteroatoms. The molecule has 1 aromatic rings. The molecule has 0 atom stereocenters. The van der Waals surface area contributed by atoms with Gasteiger partial charge in [-0.15, -0.1) is 0 Å². The molecule has 1 aromatic carbocycles. The zero-order valence-electron chi connectivity index (χ0n) is 6.71. The Labute approximate surface area is 71.6 Å². The van der Waals surface area contributed by atoms with Gasteiger partial charge >= 0.3 is 0 Å². The molecule has 0 aliphatic rings. The Morgan fingerprint density at radius 1 is 1.33 bits per heavy atom. The Balaban J connectivity index is 2.64. The third-order valence-electron chi connectivity index (χ3n) is 1.58. The van der Waals surface area contributed by atoms with Gasteiger partial charge in [0, 0.05) is 5.69 Å². The van der Waals surface area contributed by atoms with Crippen molar-refractivity contribution in [3.8, 4) is 0 Å². The van der Waals surface area contributed by atoms with Crippen molar-refractivity contribution >= 4 is 12.0 Å². The van der Waals surface area contributed by atoms with Crippen LogP contribution in [0.1, 0.15) is 5.56 Å². The average Bonchev–Trinajstić information content (AvgIpc) is 2.09. The van der Waals surface area contributed by atoms with Crippen LogP contribution in [0.4, 0.5) is 5.69 Å². The lowest BCUT2D eigenvalue weighted by Gasteiger charge is -2.00. The van der Waals surface area contributed by atoms with Gasteiger partial charge < -0.3 is 5.32 Å². The summed E-state index contributed by atoms with van der Waals surface area (Å²) < 4.78 is 0. The average molecular weight is 163 g/mol. The van der Waals surface area contributed by atoms with Crippen LogP contribution in [-0.4, -0.2) is 12.9 Å². The van der Waals surface area contributed by atoms with Crippen molar-refractivity contribution in [1.82, 2.24) is 0 Å². The number of anilines is 1. The molecule has 2 N–H and O–H groups in total. The summed E-state index contributed by atoms with van der Waals surface area (Å²) in [5, 5.41) is 19.8. The maximum absolute atomic E-state index is 10.3. The molecule has 0 aliphatic carbocycles. The van der Waals surface area contributed by atoms with Gasteiger partial charge in [-0.1, -0.05) is 12.1 Å². The molecule has 1 rings (SSSR count). The second kappa shape index (κ2) is 4.51. The van der Waals surface area contributed by atoms with Crippen molar-refractivity contribution in [3.05, 3.63) is 29.8 Å². The third kappa shape index (κ3) is 2.36. The molecule has 0 fully saturated rings. The van der Waals surface area contributed by atoms with Crippen LogP contribution >= 0.6 is 0 Å². The lowest BCUT2D eigenvalue weighted by Crippen LogP contribution is -1.94. The van der Waals surface area contributed by atoms with E-state index in [1.807, 2.05) is 24.3 Å². The minimum absolute atomic E-state index is 0.0721. The van der Waals surface area contributed by atoms with Crippen LogP contribution in [-0.2, 0) is 11.5 Å². The number of hydrogen-bond acceptors (Lipinski definition) is 1. The highest BCUT2D eigenvalue weighted by atomic mass is 16.2. The molecule has 1 radical (unpaired) electrons. The van der Waals surface area contributed by atoms with Crippen molar-refractivity contribution in [2.75, 3.05) is 11.9 Å². The van der Waals surface area contributed by atoms with Gasteiger partial charge in [0.05, 0.1) is 12.9 Å². The van der Waals surface area contributed by atoms with Gasteiger partial charge in [0.1, 0.15) is 0 Å². The normalized spacial score (nSPS) is 9.42. The van der Waals surface area contributed by atoms with E-state index in [0.717, 1.165) is 17.6 Å². The van der Waals surface area contributed by atoms with E-state index >= 15 is 0 Å². The van der Waals surface area contributed by atoms with Gasteiger partial charge in [0.2, 0.25) is 0 Å². The standard InChI is InChI=1S/C9H11N2O/c10-7-11-9-3-1-8(2-4-9)5-6-12/h1-4,7H,5-6H2,(H2,10,11). The van der Waals surface area contributed by atoms with E-state index in [0.29, 0.717) is 6.42 Å². The minimum atomic E-state index is -0.0721. The van der Waals surface area contributed by atoms with Crippen molar-refractivity contribution < 1.29 is 5.11 Å². The highest BCUT2D eigenvalue weighted by Gasteiger charge is 1.92. The summed E-state index contributed by atoms with van der Waals surface area (Å²) in [4.78, 5) is 0. The first-order valence-electron chi connectivity index (χ1n) is 3.79. The summed E-state index contributed by atoms with van der Waals surface area (Å²) in [6, 6.07) is 7.50. The first kappa shape index (κ1) is 8.74. The van der Waals surface area contributed by atoms with Crippen molar-refractivity contribution in [1.29, 1.82) is 5.41 Å². The van der Waals surface area contributed by atoms with Crippen LogP contribution in [0.2, 0.25) is 0 Å². The predicted molar refractivity (Wildman–Crippen MR) is 48.1 cm³/mol. The molecule has 3 nitrogen and oxygen atoms in total. The largest absolute Gasteiger partial charge is 0.347 e. The molecule has 12 heavy (non-hydrogen) atoms. The Bertz CT molecular complexity index is 243. The van der Waals surface area contributed by atoms with Crippen molar-refractivity contribution in [3.63, 3.8) is 0 Å². The monoisotopic (exact) mass is 163 g/mol. The molecule has 0 saturated carbocycles. The molecule has 0 aliphatic heterocycles. The van der Waals surface area contributed by atoms with Crippen molar-refractivity contribution in [2.45, 2.75) is 6.42 Å². The lowest BCUT2D eigenvalue weighted by atomic mass is 10.1. The van der Waals surface area contributed by atoms with Gasteiger partial charge in [-0.2, -0.15) is 0 Å². The summed E-state index contributed by atoms with van der Waals surface area (Å²) in [7, 11) is 0. The molecule has 63 valence electrons. The summed E-state index contributed by atoms with van der Waals surface area (Å²) in [6.45, 7) is -0.0721. The summed E-state index contributed by atoms with van der Waals surface area (Å²) in [6.07, 6.45) is 1.70. The number of hydrogen-bond donors (Lipinski definition) is 2. The maximum Gasteiger partial charge on any atom is 0.0862 e. The van der Waals surface area contributed by atoms with Gasteiger partial charge in [-0.3, -0.25) is 5.41 Å². The van der Waals surface area contributed by atoms with E-state index in [1.54, 1.807) is 0 Å². The number of benzene rings is 1. The Hall–Kier alpha value is -1.35. The lowest BCUT2D eigenvalue weighted by molar-refractivity contribution is 0.197. The maximum atomic E-state index is 10.3. The van der Waals surface area contributed by atoms with E-state index < -0.39 is 0 Å². The molecule has 0 aromatic heterocycles. The van der Waals surface area contributed by atoms with Gasteiger partial charge in [0.25, 0.3) is 0 Å². The fourth-order valence-corrected chi connectivity index (χ4v) is 0.969. The fourth-order valence-electron chi connectivity index (χ4n) is 0.969. The minimum Gasteiger partial charge on any atom is -0.347 e. The van der Waals surface area contributed by atoms with Crippen LogP contribution in [0.25, 0.3) is 0 Å². The van der Waals surface area contributed by atoms with E-state index in [2.05, 4.69) is 5.32 Å². The molecule has 0 spiro atoms. The summed E-state index contributed by atoms with van der Waals surface area (Å²) >= 11 is 0. The summed E-state index contributed by atoms with van der Waals surface area (Å²) in [5.74, 6) is 0. The topological polar surface area (TPSA) is 55.8 Å². The van der Waals surface area contributed by atoms with E-state index in [4.69, 9.17) is 5.41 Å². The Morgan fingerprint density at radius 3 is 2.50 bits per heavy atom. The molecule has 0 saturated heterocycles. The quantitative estimate of drug-likeness (QED) is 0.515. The molecule has 0 heterocycles. The van der Waals surface area contributed by atoms with Gasteiger partial charge in [-0.05, 0) is 24.1 Å². The molecular weight excluding hydrogens is 152 g/mol. The van der Waals surface area contributed by atoms with Crippen LogP contribution < -0.4 is 5.32 Å². The first-order valence-corrected chi connectivity index (χ1v) is 3.79. The smallest absolute Gasteiger partial charge is 0.0862 e. The van der Waals surface area contributed by atoms with E-state index in [1.165, 1.54) is 0 Å². The Kier molecular flexibility index (Phi) is 3.29. The van der Waals surface area contributed by atoms with Crippen LogP contribution in [0, 0.1) is 5.41 Å². The van der Waals surface area contributed by atoms with Crippen molar-refractivity contribution in [2.24, 2.45) is 0 Å². The number of rotatable bonds is 4. The van der Waals surface area contributed by atoms with Crippen LogP contribution in [0.5, 0.6) is 0 Å². The zero-order chi connectivity index (χ0) is 8.81. The molecule has 0 amide bonds. The first-order chi connectivity index (χ1) is 5.86. The van der Waals surface area contributed by atoms with Crippen LogP contribution in [0.3, 0.4) is 0 Å². The van der Waals surface area contributed by atoms with Crippen LogP contribution in [0.15, 0.2) is 24.3 Å². The molecule has 0 unspecified atom stereocenters. The predicted octanol–water partition coefficient (Wildman–Crippen LogP) is 1.68. The zero-order valence-corrected chi connectivity index (χ0v) is 6.71. The molecule has 0 bridgehead atoms. The molecular formula is C9H11N2O. The van der Waals surface area contributed by atoms with E-state index in [-0.39, 0.29) is 6.61 Å². The highest BCUT2D eigenvalue weighted by molar-refractivity contribution is 5.72. The highest BCUT2D eigenvalue weighted by Crippen LogP contribution is 2.08. The fraction of sp³-hybridized carbons (Fsp3) is 0.222. The SMILES string of the molecule is N=CNc1ccc(CC[O])cc1. The Morgan fingerprint density at radius 2 is 2.00 bits per heavy atom. The summed E-state index contributed by atoms with van der Waals surface area (Å²) in [5.41, 5.74) is 1.92. The van der Waals surface area contributed by atoms with Gasteiger partial charge in [-0.25, -0.2) is 5.11 Å². The second-order valence-corrected chi connectivity index (χ2v) is 2.44. The number of nitrogens with one attached hydrogen (secondary N) is 2. The second-order valence-electron chi connectivity index (χ2n) is 2.44.